The first-order valence-corrected chi connectivity index (χ1v) is 6.99. The largest absolute Gasteiger partial charge is 0.386 e. The molecule has 0 radical (unpaired) electrons. The number of urea groups is 1. The van der Waals surface area contributed by atoms with E-state index in [1.165, 1.54) is 0 Å². The van der Waals surface area contributed by atoms with Gasteiger partial charge in [0.1, 0.15) is 0 Å². The molecule has 2 amide bonds. The molecule has 0 bridgehead atoms. The van der Waals surface area contributed by atoms with Crippen LogP contribution in [0.25, 0.3) is 0 Å². The first-order chi connectivity index (χ1) is 6.25. The average molecular weight is 216 g/mol. The zero-order valence-electron chi connectivity index (χ0n) is 8.08. The Balaban J connectivity index is 2.35. The van der Waals surface area contributed by atoms with Gasteiger partial charge in [-0.25, -0.2) is 0 Å². The highest BCUT2D eigenvalue weighted by Gasteiger charge is 2.21. The monoisotopic (exact) mass is 216 g/mol. The summed E-state index contributed by atoms with van der Waals surface area (Å²) in [4.78, 5) is 13.3. The van der Waals surface area contributed by atoms with E-state index in [2.05, 4.69) is 5.23 Å². The fourth-order valence-corrected chi connectivity index (χ4v) is 3.73. The molecule has 1 N–H and O–H groups in total. The summed E-state index contributed by atoms with van der Waals surface area (Å²) in [5.74, 6) is 2.21. The first kappa shape index (κ1) is 11.2. The summed E-state index contributed by atoms with van der Waals surface area (Å²) in [7, 11) is 6.35. The summed E-state index contributed by atoms with van der Waals surface area (Å²) in [6.07, 6.45) is 1.12. The smallest absolute Gasteiger partial charge is 0.292 e. The predicted octanol–water partition coefficient (Wildman–Crippen LogP) is 0.0994. The van der Waals surface area contributed by atoms with E-state index < -0.39 is 0 Å². The van der Waals surface area contributed by atoms with Crippen molar-refractivity contribution in [1.29, 1.82) is 0 Å². The molecule has 0 aromatic rings. The molecule has 7 heteroatoms. The lowest BCUT2D eigenvalue weighted by Gasteiger charge is -2.31. The van der Waals surface area contributed by atoms with Crippen LogP contribution in [0.15, 0.2) is 0 Å². The summed E-state index contributed by atoms with van der Waals surface area (Å²) >= 11 is 0. The third-order valence-electron chi connectivity index (χ3n) is 2.07. The summed E-state index contributed by atoms with van der Waals surface area (Å²) in [6.45, 7) is 1.94. The molecule has 13 heavy (non-hydrogen) atoms. The van der Waals surface area contributed by atoms with Crippen LogP contribution in [0.1, 0.15) is 6.42 Å². The number of carbonyl (C=O) groups is 1. The van der Waals surface area contributed by atoms with Gasteiger partial charge >= 0.3 is 0 Å². The number of rotatable bonds is 2. The first-order valence-electron chi connectivity index (χ1n) is 4.50. The number of carbonyl (C=O) groups excluding carboxylic acids is 1. The third kappa shape index (κ3) is 3.38. The number of hydrogen-bond acceptors (Lipinski definition) is 3. The zero-order valence-corrected chi connectivity index (χ0v) is 9.71. The fraction of sp³-hybridized carbons (Fsp3) is 0.833. The molecule has 1 fully saturated rings. The molecular weight excluding hydrogens is 202 g/mol. The normalized spacial score (nSPS) is 22.1. The van der Waals surface area contributed by atoms with Gasteiger partial charge < -0.3 is 10.0 Å². The Bertz CT molecular complexity index is 178. The second-order valence-corrected chi connectivity index (χ2v) is 5.62. The molecule has 3 nitrogen and oxygen atoms in total. The average Bonchev–Trinajstić information content (AvgIpc) is 2.18. The van der Waals surface area contributed by atoms with Gasteiger partial charge in [0.2, 0.25) is 15.4 Å². The van der Waals surface area contributed by atoms with Gasteiger partial charge in [0, 0.05) is 17.5 Å². The highest BCUT2D eigenvalue weighted by atomic mass is 33.1. The van der Waals surface area contributed by atoms with E-state index in [1.807, 2.05) is 41.2 Å². The second kappa shape index (κ2) is 5.75. The Morgan fingerprint density at radius 3 is 3.00 bits per heavy atom. The molecule has 1 aliphatic heterocycles. The van der Waals surface area contributed by atoms with Crippen LogP contribution >= 0.6 is 21.6 Å². The molecule has 1 heterocycles. The molecule has 0 spiro atoms. The lowest BCUT2D eigenvalue weighted by molar-refractivity contribution is 0.221. The fourth-order valence-electron chi connectivity index (χ4n) is 1.20. The summed E-state index contributed by atoms with van der Waals surface area (Å²) in [6, 6.07) is 0.470. The van der Waals surface area contributed by atoms with E-state index in [4.69, 9.17) is 0 Å². The lowest BCUT2D eigenvalue weighted by atomic mass is 10.0. The number of nitrogens with one attached hydrogen (secondary N) is 1. The van der Waals surface area contributed by atoms with E-state index in [0.717, 1.165) is 17.9 Å². The molecule has 1 saturated heterocycles. The molecule has 1 rings (SSSR count). The van der Waals surface area contributed by atoms with Crippen LogP contribution in [-0.4, -0.2) is 43.8 Å². The minimum atomic E-state index is 0.0556. The number of nitrogens with zero attached hydrogens (tertiary/aromatic N) is 1. The summed E-state index contributed by atoms with van der Waals surface area (Å²) < 4.78 is 0. The molecule has 0 aromatic heterocycles. The molecule has 1 unspecified atom stereocenters. The maximum Gasteiger partial charge on any atom is 0.292 e. The van der Waals surface area contributed by atoms with Crippen molar-refractivity contribution in [1.82, 2.24) is 10.0 Å². The van der Waals surface area contributed by atoms with E-state index in [-0.39, 0.29) is 6.03 Å². The highest BCUT2D eigenvalue weighted by molar-refractivity contribution is 8.76. The van der Waals surface area contributed by atoms with Crippen LogP contribution in [0.3, 0.4) is 0 Å². The Morgan fingerprint density at radius 1 is 1.69 bits per heavy atom. The zero-order chi connectivity index (χ0) is 9.68. The van der Waals surface area contributed by atoms with Crippen molar-refractivity contribution in [2.24, 2.45) is 0 Å². The van der Waals surface area contributed by atoms with Crippen LogP contribution in [0.4, 0.5) is 4.79 Å². The third-order valence-corrected chi connectivity index (χ3v) is 4.57. The molecule has 1 aliphatic rings. The van der Waals surface area contributed by atoms with Gasteiger partial charge in [-0.3, -0.25) is 4.79 Å². The minimum Gasteiger partial charge on any atom is -0.386 e. The number of hydrogen-bond donors (Lipinski definition) is 1. The van der Waals surface area contributed by atoms with E-state index in [1.54, 1.807) is 0 Å². The SMILES string of the molecule is BN(C(=O)NBC)C1CCSSC1. The Hall–Kier alpha value is 0.0999. The van der Waals surface area contributed by atoms with Gasteiger partial charge in [-0.1, -0.05) is 28.4 Å². The Labute approximate surface area is 88.9 Å². The predicted molar refractivity (Wildman–Crippen MR) is 65.2 cm³/mol. The molecule has 0 aromatic carbocycles. The van der Waals surface area contributed by atoms with Crippen molar-refractivity contribution in [2.45, 2.75) is 19.3 Å². The highest BCUT2D eigenvalue weighted by Crippen LogP contribution is 2.30. The van der Waals surface area contributed by atoms with Crippen LogP contribution in [-0.2, 0) is 0 Å². The maximum atomic E-state index is 11.4. The lowest BCUT2D eigenvalue weighted by Crippen LogP contribution is -2.47. The molecule has 1 atom stereocenters. The summed E-state index contributed by atoms with van der Waals surface area (Å²) in [5.41, 5.74) is 0. The molecule has 72 valence electrons. The van der Waals surface area contributed by atoms with Crippen molar-refractivity contribution in [2.75, 3.05) is 11.5 Å². The molecular formula is C6H14B2N2OS2. The van der Waals surface area contributed by atoms with E-state index in [0.29, 0.717) is 13.5 Å². The molecule has 0 aliphatic carbocycles. The van der Waals surface area contributed by atoms with Crippen LogP contribution in [0.2, 0.25) is 6.82 Å². The van der Waals surface area contributed by atoms with Gasteiger partial charge in [-0.05, 0) is 6.42 Å². The van der Waals surface area contributed by atoms with E-state index in [9.17, 15) is 4.79 Å². The Morgan fingerprint density at radius 2 is 2.46 bits per heavy atom. The van der Waals surface area contributed by atoms with Gasteiger partial charge in [0.25, 0.3) is 6.03 Å². The van der Waals surface area contributed by atoms with Gasteiger partial charge in [0.05, 0.1) is 0 Å². The topological polar surface area (TPSA) is 32.3 Å². The summed E-state index contributed by atoms with van der Waals surface area (Å²) in [5, 5.41) is 2.81. The van der Waals surface area contributed by atoms with Gasteiger partial charge in [-0.2, -0.15) is 0 Å². The van der Waals surface area contributed by atoms with E-state index >= 15 is 0 Å². The quantitative estimate of drug-likeness (QED) is 0.524. The minimum absolute atomic E-state index is 0.0556. The van der Waals surface area contributed by atoms with Crippen molar-refractivity contribution >= 4 is 43.0 Å². The van der Waals surface area contributed by atoms with Gasteiger partial charge in [0.15, 0.2) is 0 Å². The Kier molecular flexibility index (Phi) is 4.94. The van der Waals surface area contributed by atoms with Gasteiger partial charge in [-0.15, -0.1) is 0 Å². The van der Waals surface area contributed by atoms with Crippen LogP contribution in [0.5, 0.6) is 0 Å². The van der Waals surface area contributed by atoms with Crippen LogP contribution in [0, 0.1) is 0 Å². The van der Waals surface area contributed by atoms with Crippen molar-refractivity contribution in [3.63, 3.8) is 0 Å². The standard InChI is InChI=1S/C6H14B2N2OS2/c1-8-9-6(11)10(7)5-2-3-12-13-4-5/h5,8H,2-4,7H2,1H3,(H,9,11). The molecule has 0 saturated carbocycles. The number of amides is 2. The van der Waals surface area contributed by atoms with Crippen molar-refractivity contribution in [3.05, 3.63) is 0 Å². The van der Waals surface area contributed by atoms with Crippen LogP contribution < -0.4 is 5.23 Å². The van der Waals surface area contributed by atoms with Crippen molar-refractivity contribution < 1.29 is 4.79 Å². The second-order valence-electron chi connectivity index (χ2n) is 3.00. The van der Waals surface area contributed by atoms with Crippen molar-refractivity contribution in [3.8, 4) is 0 Å². The maximum absolute atomic E-state index is 11.4.